The van der Waals surface area contributed by atoms with Crippen molar-refractivity contribution in [3.63, 3.8) is 0 Å². The van der Waals surface area contributed by atoms with E-state index in [1.165, 1.54) is 12.1 Å². The van der Waals surface area contributed by atoms with Crippen molar-refractivity contribution in [3.8, 4) is 0 Å². The van der Waals surface area contributed by atoms with Crippen molar-refractivity contribution in [3.05, 3.63) is 71.7 Å². The average molecular weight is 412 g/mol. The molecule has 5 nitrogen and oxygen atoms in total. The fourth-order valence-electron chi connectivity index (χ4n) is 3.65. The lowest BCUT2D eigenvalue weighted by atomic mass is 10.0. The van der Waals surface area contributed by atoms with E-state index in [0.29, 0.717) is 22.9 Å². The summed E-state index contributed by atoms with van der Waals surface area (Å²) < 4.78 is 28.2. The van der Waals surface area contributed by atoms with Crippen molar-refractivity contribution in [2.75, 3.05) is 13.6 Å². The van der Waals surface area contributed by atoms with Gasteiger partial charge < -0.3 is 9.80 Å². The fourth-order valence-corrected chi connectivity index (χ4v) is 3.65. The molecule has 1 aromatic carbocycles. The Kier molecular flexibility index (Phi) is 6.59. The van der Waals surface area contributed by atoms with Gasteiger partial charge in [0, 0.05) is 36.6 Å². The number of rotatable bonds is 4. The first-order chi connectivity index (χ1) is 14.3. The van der Waals surface area contributed by atoms with Crippen LogP contribution in [0, 0.1) is 11.6 Å². The molecule has 2 heterocycles. The van der Waals surface area contributed by atoms with Crippen molar-refractivity contribution in [1.29, 1.82) is 0 Å². The van der Waals surface area contributed by atoms with Gasteiger partial charge in [-0.05, 0) is 57.9 Å². The molecule has 0 spiro atoms. The topological polar surface area (TPSA) is 43.6 Å². The molecule has 7 heteroatoms. The molecule has 1 fully saturated rings. The van der Waals surface area contributed by atoms with E-state index in [1.54, 1.807) is 6.08 Å². The van der Waals surface area contributed by atoms with Crippen LogP contribution in [-0.4, -0.2) is 40.7 Å². The quantitative estimate of drug-likeness (QED) is 0.504. The number of halogens is 2. The second-order valence-electron chi connectivity index (χ2n) is 7.59. The highest BCUT2D eigenvalue weighted by molar-refractivity contribution is 6.03. The van der Waals surface area contributed by atoms with Crippen LogP contribution in [0.25, 0.3) is 0 Å². The summed E-state index contributed by atoms with van der Waals surface area (Å²) in [4.78, 5) is 8.75. The number of nitrogens with zero attached hydrogens (tertiary/aromatic N) is 5. The van der Waals surface area contributed by atoms with E-state index in [9.17, 15) is 8.78 Å². The Balaban J connectivity index is 2.02. The number of aliphatic imine (C=N–C) groups is 1. The lowest BCUT2D eigenvalue weighted by Crippen LogP contribution is -2.33. The molecular formula is C23H27F2N5. The van der Waals surface area contributed by atoms with Gasteiger partial charge in [-0.15, -0.1) is 0 Å². The number of amidine groups is 1. The number of allylic oxidation sites excluding steroid dienone is 2. The summed E-state index contributed by atoms with van der Waals surface area (Å²) in [6.07, 6.45) is 7.11. The van der Waals surface area contributed by atoms with E-state index in [-0.39, 0.29) is 6.04 Å². The van der Waals surface area contributed by atoms with Crippen molar-refractivity contribution in [2.45, 2.75) is 39.7 Å². The zero-order valence-electron chi connectivity index (χ0n) is 17.9. The van der Waals surface area contributed by atoms with Crippen LogP contribution in [0.15, 0.2) is 69.7 Å². The lowest BCUT2D eigenvalue weighted by Gasteiger charge is -2.31. The van der Waals surface area contributed by atoms with Crippen molar-refractivity contribution < 1.29 is 8.78 Å². The molecule has 1 atom stereocenters. The van der Waals surface area contributed by atoms with Gasteiger partial charge in [-0.25, -0.2) is 13.8 Å². The van der Waals surface area contributed by atoms with Crippen molar-refractivity contribution in [2.24, 2.45) is 15.2 Å². The van der Waals surface area contributed by atoms with E-state index in [0.717, 1.165) is 36.7 Å². The van der Waals surface area contributed by atoms with Gasteiger partial charge in [0.1, 0.15) is 23.3 Å². The summed E-state index contributed by atoms with van der Waals surface area (Å²) in [5.74, 6) is 0.547. The Hall–Kier alpha value is -3.09. The molecule has 158 valence electrons. The predicted molar refractivity (Wildman–Crippen MR) is 118 cm³/mol. The largest absolute Gasteiger partial charge is 0.349 e. The molecule has 1 saturated heterocycles. The molecule has 30 heavy (non-hydrogen) atoms. The van der Waals surface area contributed by atoms with Crippen LogP contribution in [0.4, 0.5) is 8.78 Å². The Morgan fingerprint density at radius 2 is 2.00 bits per heavy atom. The molecule has 1 unspecified atom stereocenters. The zero-order valence-corrected chi connectivity index (χ0v) is 17.9. The number of hydrogen-bond acceptors (Lipinski definition) is 5. The monoisotopic (exact) mass is 411 g/mol. The van der Waals surface area contributed by atoms with Crippen molar-refractivity contribution >= 4 is 17.3 Å². The smallest absolute Gasteiger partial charge is 0.143 e. The van der Waals surface area contributed by atoms with Crippen molar-refractivity contribution in [1.82, 2.24) is 9.80 Å². The van der Waals surface area contributed by atoms with Crippen LogP contribution in [-0.2, 0) is 0 Å². The Bertz CT molecular complexity index is 983. The second-order valence-corrected chi connectivity index (χ2v) is 7.59. The van der Waals surface area contributed by atoms with Crippen LogP contribution in [0.5, 0.6) is 0 Å². The molecule has 3 rings (SSSR count). The molecule has 0 aliphatic carbocycles. The van der Waals surface area contributed by atoms with Gasteiger partial charge in [0.25, 0.3) is 0 Å². The molecule has 0 saturated carbocycles. The Labute approximate surface area is 176 Å². The van der Waals surface area contributed by atoms with E-state index < -0.39 is 11.6 Å². The lowest BCUT2D eigenvalue weighted by molar-refractivity contribution is 0.382. The number of hydrogen-bond donors (Lipinski definition) is 0. The standard InChI is InChI=1S/C23H27F2N5/c1-6-18(16(4)28-27-15(2)3)23-26-22(11-13-29(23)5)30-12-7-8-21(30)19-14-17(24)9-10-20(19)25/h6,9-11,13-14,21H,1,7-8,12H2,2-5H3/b23-18+,28-16+. The van der Waals surface area contributed by atoms with Gasteiger partial charge in [0.15, 0.2) is 0 Å². The normalized spacial score (nSPS) is 20.9. The summed E-state index contributed by atoms with van der Waals surface area (Å²) in [7, 11) is 1.89. The van der Waals surface area contributed by atoms with E-state index in [4.69, 9.17) is 4.99 Å². The van der Waals surface area contributed by atoms with E-state index in [2.05, 4.69) is 16.8 Å². The molecule has 2 aliphatic heterocycles. The minimum absolute atomic E-state index is 0.261. The van der Waals surface area contributed by atoms with E-state index >= 15 is 0 Å². The van der Waals surface area contributed by atoms with Gasteiger partial charge >= 0.3 is 0 Å². The summed E-state index contributed by atoms with van der Waals surface area (Å²) in [6.45, 7) is 10.2. The molecule has 0 aromatic heterocycles. The molecule has 1 aromatic rings. The highest BCUT2D eigenvalue weighted by atomic mass is 19.1. The maximum Gasteiger partial charge on any atom is 0.143 e. The number of likely N-dealkylation sites (tertiary alicyclic amines) is 1. The maximum atomic E-state index is 14.4. The third kappa shape index (κ3) is 4.56. The summed E-state index contributed by atoms with van der Waals surface area (Å²) in [5, 5.41) is 8.39. The first-order valence-electron chi connectivity index (χ1n) is 9.95. The minimum atomic E-state index is -0.438. The predicted octanol–water partition coefficient (Wildman–Crippen LogP) is 5.21. The number of benzene rings is 1. The van der Waals surface area contributed by atoms with Gasteiger partial charge in [-0.2, -0.15) is 10.2 Å². The van der Waals surface area contributed by atoms with Crippen LogP contribution in [0.1, 0.15) is 45.2 Å². The van der Waals surface area contributed by atoms with Gasteiger partial charge in [0.2, 0.25) is 0 Å². The van der Waals surface area contributed by atoms with Crippen LogP contribution in [0.2, 0.25) is 0 Å². The Morgan fingerprint density at radius 3 is 2.70 bits per heavy atom. The molecular weight excluding hydrogens is 384 g/mol. The molecule has 0 amide bonds. The second kappa shape index (κ2) is 9.15. The van der Waals surface area contributed by atoms with Crippen LogP contribution in [0.3, 0.4) is 0 Å². The first-order valence-corrected chi connectivity index (χ1v) is 9.95. The fraction of sp³-hybridized carbons (Fsp3) is 0.348. The third-order valence-corrected chi connectivity index (χ3v) is 5.10. The highest BCUT2D eigenvalue weighted by Crippen LogP contribution is 2.35. The maximum absolute atomic E-state index is 14.4. The molecule has 0 bridgehead atoms. The minimum Gasteiger partial charge on any atom is -0.349 e. The summed E-state index contributed by atoms with van der Waals surface area (Å²) >= 11 is 0. The summed E-state index contributed by atoms with van der Waals surface area (Å²) in [5.41, 5.74) is 2.67. The molecule has 2 aliphatic rings. The molecule has 0 radical (unpaired) electrons. The SMILES string of the molecule is C=CC(=C1/N=C(N2CCCC2c2cc(F)ccc2F)C=CN1C)/C(C)=N/N=C(C)C. The zero-order chi connectivity index (χ0) is 21.8. The van der Waals surface area contributed by atoms with Gasteiger partial charge in [0.05, 0.1) is 11.8 Å². The highest BCUT2D eigenvalue weighted by Gasteiger charge is 2.31. The van der Waals surface area contributed by atoms with Crippen LogP contribution < -0.4 is 0 Å². The average Bonchev–Trinajstić information content (AvgIpc) is 3.19. The van der Waals surface area contributed by atoms with E-state index in [1.807, 2.05) is 49.9 Å². The Morgan fingerprint density at radius 1 is 1.23 bits per heavy atom. The van der Waals surface area contributed by atoms with Gasteiger partial charge in [-0.3, -0.25) is 0 Å². The molecule has 0 N–H and O–H groups in total. The van der Waals surface area contributed by atoms with Crippen LogP contribution >= 0.6 is 0 Å². The summed E-state index contributed by atoms with van der Waals surface area (Å²) in [6, 6.07) is 3.35. The van der Waals surface area contributed by atoms with Gasteiger partial charge in [-0.1, -0.05) is 12.7 Å². The first kappa shape index (κ1) is 21.6. The third-order valence-electron chi connectivity index (χ3n) is 5.10.